The van der Waals surface area contributed by atoms with Crippen LogP contribution in [-0.4, -0.2) is 35.3 Å². The summed E-state index contributed by atoms with van der Waals surface area (Å²) in [6.07, 6.45) is 3.18. The summed E-state index contributed by atoms with van der Waals surface area (Å²) in [5, 5.41) is 2.72. The van der Waals surface area contributed by atoms with E-state index < -0.39 is 6.04 Å². The molecule has 4 rings (SSSR count). The summed E-state index contributed by atoms with van der Waals surface area (Å²) in [5.74, 6) is 1.62. The van der Waals surface area contributed by atoms with Gasteiger partial charge in [0.15, 0.2) is 11.5 Å². The Hall–Kier alpha value is -2.61. The van der Waals surface area contributed by atoms with Crippen molar-refractivity contribution in [2.45, 2.75) is 24.9 Å². The van der Waals surface area contributed by atoms with Gasteiger partial charge in [0.25, 0.3) is 0 Å². The van der Waals surface area contributed by atoms with Crippen LogP contribution in [-0.2, 0) is 16.1 Å². The first-order valence-electron chi connectivity index (χ1n) is 8.22. The number of thioether (sulfide) groups is 1. The van der Waals surface area contributed by atoms with E-state index in [1.54, 1.807) is 29.2 Å². The Morgan fingerprint density at radius 3 is 2.88 bits per heavy atom. The van der Waals surface area contributed by atoms with Crippen molar-refractivity contribution in [2.75, 3.05) is 12.5 Å². The molecule has 1 N–H and O–H groups in total. The Morgan fingerprint density at radius 2 is 2.12 bits per heavy atom. The van der Waals surface area contributed by atoms with Gasteiger partial charge in [-0.05, 0) is 23.8 Å². The molecule has 2 aliphatic rings. The molecule has 2 aromatic rings. The first kappa shape index (κ1) is 16.8. The zero-order chi connectivity index (χ0) is 18.1. The molecule has 0 radical (unpaired) electrons. The number of hydrogen-bond acceptors (Lipinski definition) is 6. The quantitative estimate of drug-likeness (QED) is 0.884. The van der Waals surface area contributed by atoms with E-state index in [1.165, 1.54) is 6.92 Å². The minimum Gasteiger partial charge on any atom is -0.472 e. The van der Waals surface area contributed by atoms with Crippen LogP contribution >= 0.6 is 11.8 Å². The van der Waals surface area contributed by atoms with E-state index in [4.69, 9.17) is 13.9 Å². The summed E-state index contributed by atoms with van der Waals surface area (Å²) in [5.41, 5.74) is 1.80. The first-order valence-corrected chi connectivity index (χ1v) is 9.27. The highest BCUT2D eigenvalue weighted by Crippen LogP contribution is 2.41. The number of carbonyl (C=O) groups is 2. The Kier molecular flexibility index (Phi) is 4.50. The number of fused-ring (bicyclic) bond motifs is 1. The second kappa shape index (κ2) is 6.95. The van der Waals surface area contributed by atoms with Crippen LogP contribution in [0.2, 0.25) is 0 Å². The minimum absolute atomic E-state index is 0.135. The van der Waals surface area contributed by atoms with Gasteiger partial charge in [0, 0.05) is 24.8 Å². The fraction of sp³-hybridized carbons (Fsp3) is 0.333. The Morgan fingerprint density at radius 1 is 1.27 bits per heavy atom. The van der Waals surface area contributed by atoms with Crippen molar-refractivity contribution < 1.29 is 23.5 Å². The molecule has 1 aromatic carbocycles. The van der Waals surface area contributed by atoms with E-state index in [-0.39, 0.29) is 24.0 Å². The Bertz CT molecular complexity index is 823. The van der Waals surface area contributed by atoms with Crippen molar-refractivity contribution in [1.82, 2.24) is 10.2 Å². The lowest BCUT2D eigenvalue weighted by Gasteiger charge is -2.27. The molecule has 1 fully saturated rings. The van der Waals surface area contributed by atoms with Gasteiger partial charge in [0.2, 0.25) is 18.6 Å². The van der Waals surface area contributed by atoms with Crippen LogP contribution in [0.5, 0.6) is 11.5 Å². The molecule has 0 spiro atoms. The maximum absolute atomic E-state index is 12.7. The van der Waals surface area contributed by atoms with Gasteiger partial charge in [0.05, 0.1) is 12.5 Å². The van der Waals surface area contributed by atoms with Crippen molar-refractivity contribution in [2.24, 2.45) is 0 Å². The number of benzene rings is 1. The topological polar surface area (TPSA) is 81.0 Å². The highest BCUT2D eigenvalue weighted by molar-refractivity contribution is 7.99. The molecule has 2 amide bonds. The van der Waals surface area contributed by atoms with Crippen LogP contribution in [0.1, 0.15) is 23.4 Å². The fourth-order valence-electron chi connectivity index (χ4n) is 3.12. The van der Waals surface area contributed by atoms with E-state index in [0.29, 0.717) is 23.8 Å². The van der Waals surface area contributed by atoms with E-state index in [2.05, 4.69) is 5.32 Å². The van der Waals surface area contributed by atoms with Crippen molar-refractivity contribution in [3.63, 3.8) is 0 Å². The van der Waals surface area contributed by atoms with Gasteiger partial charge in [-0.1, -0.05) is 6.07 Å². The number of carbonyl (C=O) groups excluding carboxylic acids is 2. The molecule has 2 atom stereocenters. The Balaban J connectivity index is 1.43. The van der Waals surface area contributed by atoms with Gasteiger partial charge >= 0.3 is 0 Å². The molecule has 7 nitrogen and oxygen atoms in total. The van der Waals surface area contributed by atoms with Gasteiger partial charge in [0.1, 0.15) is 11.4 Å². The molecule has 8 heteroatoms. The highest BCUT2D eigenvalue weighted by atomic mass is 32.2. The summed E-state index contributed by atoms with van der Waals surface area (Å²) in [6, 6.07) is 6.87. The van der Waals surface area contributed by atoms with Gasteiger partial charge in [-0.2, -0.15) is 0 Å². The molecule has 26 heavy (non-hydrogen) atoms. The van der Waals surface area contributed by atoms with Crippen molar-refractivity contribution in [3.8, 4) is 11.5 Å². The van der Waals surface area contributed by atoms with E-state index in [1.807, 2.05) is 24.3 Å². The molecular formula is C18H18N2O5S. The van der Waals surface area contributed by atoms with Gasteiger partial charge in [-0.15, -0.1) is 11.8 Å². The zero-order valence-electron chi connectivity index (χ0n) is 14.1. The van der Waals surface area contributed by atoms with Crippen LogP contribution in [0.25, 0.3) is 0 Å². The van der Waals surface area contributed by atoms with Crippen LogP contribution < -0.4 is 14.8 Å². The van der Waals surface area contributed by atoms with E-state index in [9.17, 15) is 9.59 Å². The number of nitrogens with zero attached hydrogens (tertiary/aromatic N) is 1. The molecule has 2 unspecified atom stereocenters. The van der Waals surface area contributed by atoms with E-state index in [0.717, 1.165) is 11.1 Å². The smallest absolute Gasteiger partial charge is 0.243 e. The number of nitrogens with one attached hydrogen (secondary N) is 1. The molecule has 1 saturated heterocycles. The number of ether oxygens (including phenoxy) is 2. The second-order valence-electron chi connectivity index (χ2n) is 6.09. The lowest BCUT2D eigenvalue weighted by atomic mass is 10.2. The lowest BCUT2D eigenvalue weighted by Crippen LogP contribution is -2.47. The van der Waals surface area contributed by atoms with Gasteiger partial charge in [-0.3, -0.25) is 9.59 Å². The first-order chi connectivity index (χ1) is 12.6. The second-order valence-corrected chi connectivity index (χ2v) is 7.20. The van der Waals surface area contributed by atoms with Gasteiger partial charge in [-0.25, -0.2) is 0 Å². The predicted octanol–water partition coefficient (Wildman–Crippen LogP) is 2.29. The Labute approximate surface area is 154 Å². The maximum atomic E-state index is 12.7. The van der Waals surface area contributed by atoms with Gasteiger partial charge < -0.3 is 24.1 Å². The maximum Gasteiger partial charge on any atom is 0.243 e. The largest absolute Gasteiger partial charge is 0.472 e. The summed E-state index contributed by atoms with van der Waals surface area (Å²) in [6.45, 7) is 2.06. The average molecular weight is 374 g/mol. The molecule has 0 saturated carbocycles. The SMILES string of the molecule is CC(=O)N1C(C(=O)NCc2ccc3c(c2)OCO3)CSC1c1ccoc1. The summed E-state index contributed by atoms with van der Waals surface area (Å²) in [4.78, 5) is 26.4. The third-order valence-electron chi connectivity index (χ3n) is 4.40. The third-order valence-corrected chi connectivity index (χ3v) is 5.72. The normalized spacial score (nSPS) is 21.0. The summed E-state index contributed by atoms with van der Waals surface area (Å²) in [7, 11) is 0. The van der Waals surface area contributed by atoms with Crippen LogP contribution in [0.4, 0.5) is 0 Å². The molecule has 2 aliphatic heterocycles. The van der Waals surface area contributed by atoms with Crippen LogP contribution in [0.3, 0.4) is 0 Å². The van der Waals surface area contributed by atoms with Crippen molar-refractivity contribution in [3.05, 3.63) is 47.9 Å². The van der Waals surface area contributed by atoms with E-state index >= 15 is 0 Å². The number of hydrogen-bond donors (Lipinski definition) is 1. The highest BCUT2D eigenvalue weighted by Gasteiger charge is 2.41. The fourth-order valence-corrected chi connectivity index (χ4v) is 4.58. The molecule has 1 aromatic heterocycles. The van der Waals surface area contributed by atoms with Crippen LogP contribution in [0, 0.1) is 0 Å². The average Bonchev–Trinajstić information content (AvgIpc) is 3.38. The molecule has 136 valence electrons. The van der Waals surface area contributed by atoms with Crippen molar-refractivity contribution >= 4 is 23.6 Å². The summed E-state index contributed by atoms with van der Waals surface area (Å²) < 4.78 is 15.8. The zero-order valence-corrected chi connectivity index (χ0v) is 15.0. The molecule has 3 heterocycles. The molecular weight excluding hydrogens is 356 g/mol. The summed E-state index contributed by atoms with van der Waals surface area (Å²) >= 11 is 1.56. The number of amides is 2. The van der Waals surface area contributed by atoms with Crippen molar-refractivity contribution in [1.29, 1.82) is 0 Å². The number of furan rings is 1. The monoisotopic (exact) mass is 374 g/mol. The molecule has 0 aliphatic carbocycles. The lowest BCUT2D eigenvalue weighted by molar-refractivity contribution is -0.138. The standard InChI is InChI=1S/C18H18N2O5S/c1-11(21)20-14(9-26-18(20)13-4-5-23-8-13)17(22)19-7-12-2-3-15-16(6-12)25-10-24-15/h2-6,8,14,18H,7,9-10H2,1H3,(H,19,22). The van der Waals surface area contributed by atoms with Crippen LogP contribution in [0.15, 0.2) is 41.2 Å². The number of rotatable bonds is 4. The third kappa shape index (κ3) is 3.12. The molecule has 0 bridgehead atoms. The minimum atomic E-state index is -0.508. The predicted molar refractivity (Wildman–Crippen MR) is 94.6 cm³/mol.